The van der Waals surface area contributed by atoms with Crippen LogP contribution in [0, 0.1) is 6.92 Å². The van der Waals surface area contributed by atoms with Crippen LogP contribution in [-0.4, -0.2) is 22.2 Å². The van der Waals surface area contributed by atoms with E-state index in [0.717, 1.165) is 34.9 Å². The molecule has 1 aromatic heterocycles. The molecular formula is C17H20N2O. The minimum absolute atomic E-state index is 0.470. The van der Waals surface area contributed by atoms with Gasteiger partial charge in [-0.15, -0.1) is 0 Å². The van der Waals surface area contributed by atoms with Gasteiger partial charge in [0.25, 0.3) is 0 Å². The SMILES string of the molecule is Cc1c(C2(O)CC3CCC(C2)N3)ccc2cccnc12. The van der Waals surface area contributed by atoms with Crippen molar-refractivity contribution < 1.29 is 5.11 Å². The Morgan fingerprint density at radius 3 is 2.70 bits per heavy atom. The summed E-state index contributed by atoms with van der Waals surface area (Å²) >= 11 is 0. The minimum Gasteiger partial charge on any atom is -0.385 e. The molecule has 4 rings (SSSR count). The summed E-state index contributed by atoms with van der Waals surface area (Å²) in [5.41, 5.74) is 2.53. The van der Waals surface area contributed by atoms with Crippen LogP contribution in [0.15, 0.2) is 30.5 Å². The molecule has 3 nitrogen and oxygen atoms in total. The number of hydrogen-bond donors (Lipinski definition) is 2. The number of fused-ring (bicyclic) bond motifs is 3. The summed E-state index contributed by atoms with van der Waals surface area (Å²) in [6.45, 7) is 2.09. The van der Waals surface area contributed by atoms with Crippen LogP contribution in [0.4, 0.5) is 0 Å². The predicted octanol–water partition coefficient (Wildman–Crippen LogP) is 2.65. The van der Waals surface area contributed by atoms with Gasteiger partial charge in [-0.1, -0.05) is 18.2 Å². The third kappa shape index (κ3) is 1.77. The molecule has 0 aliphatic carbocycles. The Hall–Kier alpha value is -1.45. The zero-order chi connectivity index (χ0) is 13.7. The van der Waals surface area contributed by atoms with E-state index < -0.39 is 5.60 Å². The summed E-state index contributed by atoms with van der Waals surface area (Å²) in [7, 11) is 0. The Morgan fingerprint density at radius 2 is 1.95 bits per heavy atom. The fourth-order valence-corrected chi connectivity index (χ4v) is 4.14. The first kappa shape index (κ1) is 12.3. The van der Waals surface area contributed by atoms with Gasteiger partial charge in [0.15, 0.2) is 0 Å². The third-order valence-corrected chi connectivity index (χ3v) is 5.03. The molecule has 0 spiro atoms. The van der Waals surface area contributed by atoms with Crippen molar-refractivity contribution in [2.45, 2.75) is 50.3 Å². The maximum absolute atomic E-state index is 11.2. The van der Waals surface area contributed by atoms with E-state index in [1.54, 1.807) is 0 Å². The number of aromatic nitrogens is 1. The number of benzene rings is 1. The van der Waals surface area contributed by atoms with E-state index in [1.807, 2.05) is 12.3 Å². The molecule has 20 heavy (non-hydrogen) atoms. The third-order valence-electron chi connectivity index (χ3n) is 5.03. The van der Waals surface area contributed by atoms with Crippen molar-refractivity contribution in [3.05, 3.63) is 41.6 Å². The van der Waals surface area contributed by atoms with E-state index in [-0.39, 0.29) is 0 Å². The van der Waals surface area contributed by atoms with Crippen molar-refractivity contribution in [2.75, 3.05) is 0 Å². The Labute approximate surface area is 119 Å². The number of piperidine rings is 1. The maximum Gasteiger partial charge on any atom is 0.0929 e. The Balaban J connectivity index is 1.83. The topological polar surface area (TPSA) is 45.1 Å². The summed E-state index contributed by atoms with van der Waals surface area (Å²) in [5.74, 6) is 0. The van der Waals surface area contributed by atoms with Gasteiger partial charge in [-0.05, 0) is 49.8 Å². The van der Waals surface area contributed by atoms with Gasteiger partial charge in [-0.25, -0.2) is 0 Å². The number of aliphatic hydroxyl groups is 1. The standard InChI is InChI=1S/C17H20N2O/c1-11-15(7-4-12-3-2-8-18-16(11)12)17(20)9-13-5-6-14(10-17)19-13/h2-4,7-8,13-14,19-20H,5-6,9-10H2,1H3. The second-order valence-corrected chi connectivity index (χ2v) is 6.39. The van der Waals surface area contributed by atoms with Crippen molar-refractivity contribution in [1.29, 1.82) is 0 Å². The van der Waals surface area contributed by atoms with E-state index in [4.69, 9.17) is 0 Å². The number of hydrogen-bond acceptors (Lipinski definition) is 3. The molecule has 0 saturated carbocycles. The second kappa shape index (κ2) is 4.27. The molecule has 2 bridgehead atoms. The van der Waals surface area contributed by atoms with Gasteiger partial charge in [-0.3, -0.25) is 4.98 Å². The quantitative estimate of drug-likeness (QED) is 0.835. The Morgan fingerprint density at radius 1 is 1.20 bits per heavy atom. The van der Waals surface area contributed by atoms with Crippen LogP contribution in [0.2, 0.25) is 0 Å². The van der Waals surface area contributed by atoms with Crippen molar-refractivity contribution >= 4 is 10.9 Å². The smallest absolute Gasteiger partial charge is 0.0929 e. The summed E-state index contributed by atoms with van der Waals surface area (Å²) in [4.78, 5) is 4.49. The van der Waals surface area contributed by atoms with Crippen LogP contribution in [0.5, 0.6) is 0 Å². The van der Waals surface area contributed by atoms with E-state index in [9.17, 15) is 5.11 Å². The fraction of sp³-hybridized carbons (Fsp3) is 0.471. The van der Waals surface area contributed by atoms with Gasteiger partial charge in [0.2, 0.25) is 0 Å². The monoisotopic (exact) mass is 268 g/mol. The number of aryl methyl sites for hydroxylation is 1. The summed E-state index contributed by atoms with van der Waals surface area (Å²) in [5, 5.41) is 15.9. The molecule has 3 heterocycles. The van der Waals surface area contributed by atoms with Gasteiger partial charge < -0.3 is 10.4 Å². The molecule has 3 heteroatoms. The van der Waals surface area contributed by atoms with Gasteiger partial charge in [0, 0.05) is 23.7 Å². The predicted molar refractivity (Wildman–Crippen MR) is 79.6 cm³/mol. The zero-order valence-corrected chi connectivity index (χ0v) is 11.8. The first-order chi connectivity index (χ1) is 9.66. The fourth-order valence-electron chi connectivity index (χ4n) is 4.14. The molecule has 2 aromatic rings. The second-order valence-electron chi connectivity index (χ2n) is 6.39. The lowest BCUT2D eigenvalue weighted by molar-refractivity contribution is -0.0118. The molecule has 2 unspecified atom stereocenters. The number of nitrogens with zero attached hydrogens (tertiary/aromatic N) is 1. The molecule has 2 aliphatic heterocycles. The summed E-state index contributed by atoms with van der Waals surface area (Å²) in [6.07, 6.45) is 5.86. The van der Waals surface area contributed by atoms with Crippen molar-refractivity contribution in [2.24, 2.45) is 0 Å². The van der Waals surface area contributed by atoms with Crippen molar-refractivity contribution in [1.82, 2.24) is 10.3 Å². The van der Waals surface area contributed by atoms with E-state index in [1.165, 1.54) is 12.8 Å². The largest absolute Gasteiger partial charge is 0.385 e. The lowest BCUT2D eigenvalue weighted by atomic mass is 9.79. The first-order valence-corrected chi connectivity index (χ1v) is 7.49. The molecular weight excluding hydrogens is 248 g/mol. The molecule has 2 fully saturated rings. The average Bonchev–Trinajstić information content (AvgIpc) is 2.79. The van der Waals surface area contributed by atoms with Gasteiger partial charge in [0.05, 0.1) is 11.1 Å². The highest BCUT2D eigenvalue weighted by Crippen LogP contribution is 2.42. The number of pyridine rings is 1. The van der Waals surface area contributed by atoms with E-state index >= 15 is 0 Å². The Bertz CT molecular complexity index is 655. The summed E-state index contributed by atoms with van der Waals surface area (Å²) in [6, 6.07) is 9.17. The minimum atomic E-state index is -0.688. The van der Waals surface area contributed by atoms with Gasteiger partial charge >= 0.3 is 0 Å². The lowest BCUT2D eigenvalue weighted by Gasteiger charge is -2.38. The van der Waals surface area contributed by atoms with Gasteiger partial charge in [0.1, 0.15) is 0 Å². The van der Waals surface area contributed by atoms with E-state index in [0.29, 0.717) is 12.1 Å². The summed E-state index contributed by atoms with van der Waals surface area (Å²) < 4.78 is 0. The van der Waals surface area contributed by atoms with Crippen LogP contribution in [-0.2, 0) is 5.60 Å². The van der Waals surface area contributed by atoms with Gasteiger partial charge in [-0.2, -0.15) is 0 Å². The van der Waals surface area contributed by atoms with Crippen LogP contribution >= 0.6 is 0 Å². The van der Waals surface area contributed by atoms with Crippen LogP contribution in [0.3, 0.4) is 0 Å². The molecule has 2 saturated heterocycles. The van der Waals surface area contributed by atoms with Crippen LogP contribution in [0.1, 0.15) is 36.8 Å². The highest BCUT2D eigenvalue weighted by Gasteiger charge is 2.44. The molecule has 0 amide bonds. The maximum atomic E-state index is 11.2. The van der Waals surface area contributed by atoms with Crippen molar-refractivity contribution in [3.63, 3.8) is 0 Å². The first-order valence-electron chi connectivity index (χ1n) is 7.49. The molecule has 2 atom stereocenters. The van der Waals surface area contributed by atoms with Crippen molar-refractivity contribution in [3.8, 4) is 0 Å². The molecule has 1 aromatic carbocycles. The molecule has 2 N–H and O–H groups in total. The zero-order valence-electron chi connectivity index (χ0n) is 11.8. The lowest BCUT2D eigenvalue weighted by Crippen LogP contribution is -2.47. The van der Waals surface area contributed by atoms with Crippen LogP contribution in [0.25, 0.3) is 10.9 Å². The molecule has 2 aliphatic rings. The van der Waals surface area contributed by atoms with Crippen LogP contribution < -0.4 is 5.32 Å². The normalized spacial score (nSPS) is 32.7. The Kier molecular flexibility index (Phi) is 2.63. The highest BCUT2D eigenvalue weighted by atomic mass is 16.3. The molecule has 0 radical (unpaired) electrons. The number of rotatable bonds is 1. The highest BCUT2D eigenvalue weighted by molar-refractivity contribution is 5.82. The average molecular weight is 268 g/mol. The van der Waals surface area contributed by atoms with E-state index in [2.05, 4.69) is 35.4 Å². The molecule has 104 valence electrons. The number of nitrogens with one attached hydrogen (secondary N) is 1.